The minimum Gasteiger partial charge on any atom is -0.456 e. The van der Waals surface area contributed by atoms with Crippen molar-refractivity contribution in [1.29, 1.82) is 0 Å². The van der Waals surface area contributed by atoms with Gasteiger partial charge in [-0.05, 0) is 59.0 Å². The Hall–Kier alpha value is -1.58. The Labute approximate surface area is 241 Å². The second-order valence-electron chi connectivity index (χ2n) is 12.2. The smallest absolute Gasteiger partial charge is 0.309 e. The number of allylic oxidation sites excluding steroid dienone is 2. The van der Waals surface area contributed by atoms with Gasteiger partial charge < -0.3 is 19.7 Å². The number of halogens is 1. The van der Waals surface area contributed by atoms with Crippen LogP contribution >= 0.6 is 22.9 Å². The highest BCUT2D eigenvalue weighted by atomic mass is 35.5. The van der Waals surface area contributed by atoms with Crippen molar-refractivity contribution in [3.05, 3.63) is 32.8 Å². The van der Waals surface area contributed by atoms with Crippen LogP contribution in [0, 0.1) is 24.2 Å². The molecule has 0 aliphatic carbocycles. The average molecular weight is 582 g/mol. The first kappa shape index (κ1) is 31.9. The van der Waals surface area contributed by atoms with E-state index in [9.17, 15) is 19.8 Å². The zero-order chi connectivity index (χ0) is 29.1. The van der Waals surface area contributed by atoms with Gasteiger partial charge in [-0.2, -0.15) is 0 Å². The van der Waals surface area contributed by atoms with E-state index in [-0.39, 0.29) is 29.8 Å². The molecule has 218 valence electrons. The number of aliphatic hydroxyl groups is 2. The Bertz CT molecular complexity index is 1090. The topological polar surface area (TPSA) is 109 Å². The van der Waals surface area contributed by atoms with Crippen molar-refractivity contribution >= 4 is 40.8 Å². The van der Waals surface area contributed by atoms with Crippen LogP contribution in [0.3, 0.4) is 0 Å². The number of esters is 1. The predicted octanol–water partition coefficient (Wildman–Crippen LogP) is 5.99. The Balaban J connectivity index is 1.90. The van der Waals surface area contributed by atoms with Crippen molar-refractivity contribution in [2.75, 3.05) is 0 Å². The number of epoxide rings is 1. The molecule has 1 aromatic rings. The molecule has 1 aromatic heterocycles. The summed E-state index contributed by atoms with van der Waals surface area (Å²) >= 11 is 8.17. The summed E-state index contributed by atoms with van der Waals surface area (Å²) in [6.07, 6.45) is 3.26. The fourth-order valence-corrected chi connectivity index (χ4v) is 6.08. The van der Waals surface area contributed by atoms with Crippen LogP contribution in [0.4, 0.5) is 0 Å². The Morgan fingerprint density at radius 1 is 1.26 bits per heavy atom. The number of rotatable bonds is 4. The van der Waals surface area contributed by atoms with E-state index in [4.69, 9.17) is 21.1 Å². The maximum absolute atomic E-state index is 13.8. The van der Waals surface area contributed by atoms with Gasteiger partial charge in [-0.25, -0.2) is 4.98 Å². The third kappa shape index (κ3) is 8.23. The summed E-state index contributed by atoms with van der Waals surface area (Å²) in [7, 11) is 0. The van der Waals surface area contributed by atoms with E-state index in [0.717, 1.165) is 29.8 Å². The van der Waals surface area contributed by atoms with Gasteiger partial charge in [0.05, 0.1) is 51.5 Å². The summed E-state index contributed by atoms with van der Waals surface area (Å²) < 4.78 is 11.9. The molecule has 0 amide bonds. The molecule has 0 spiro atoms. The van der Waals surface area contributed by atoms with E-state index in [2.05, 4.69) is 4.98 Å². The van der Waals surface area contributed by atoms with Crippen LogP contribution in [-0.4, -0.2) is 57.0 Å². The van der Waals surface area contributed by atoms with Crippen molar-refractivity contribution in [1.82, 2.24) is 4.98 Å². The number of aliphatic hydroxyl groups excluding tert-OH is 2. The number of carbonyl (C=O) groups excluding carboxylic acids is 2. The summed E-state index contributed by atoms with van der Waals surface area (Å²) in [6.45, 7) is 13.1. The number of thiazole rings is 1. The summed E-state index contributed by atoms with van der Waals surface area (Å²) in [5, 5.41) is 25.5. The monoisotopic (exact) mass is 581 g/mol. The number of ether oxygens (including phenoxy) is 2. The molecular weight excluding hydrogens is 538 g/mol. The first-order chi connectivity index (χ1) is 18.1. The van der Waals surface area contributed by atoms with Crippen LogP contribution in [0.15, 0.2) is 22.1 Å². The van der Waals surface area contributed by atoms with Crippen LogP contribution < -0.4 is 0 Å². The van der Waals surface area contributed by atoms with Crippen LogP contribution in [0.5, 0.6) is 0 Å². The number of nitrogens with zero attached hydrogens (tertiary/aromatic N) is 1. The fourth-order valence-electron chi connectivity index (χ4n) is 5.27. The molecule has 2 N–H and O–H groups in total. The largest absolute Gasteiger partial charge is 0.456 e. The number of ketones is 1. The maximum atomic E-state index is 13.8. The molecule has 0 saturated carbocycles. The number of aryl methyl sites for hydroxylation is 1. The number of cyclic esters (lactones) is 1. The molecule has 7 nitrogen and oxygen atoms in total. The third-order valence-corrected chi connectivity index (χ3v) is 9.38. The van der Waals surface area contributed by atoms with E-state index in [1.807, 2.05) is 46.1 Å². The molecule has 39 heavy (non-hydrogen) atoms. The molecular formula is C30H44ClNO6S. The molecule has 7 atom stereocenters. The molecule has 3 heterocycles. The van der Waals surface area contributed by atoms with Crippen molar-refractivity contribution in [3.63, 3.8) is 0 Å². The van der Waals surface area contributed by atoms with Crippen molar-refractivity contribution in [2.24, 2.45) is 17.3 Å². The third-order valence-electron chi connectivity index (χ3n) is 8.24. The lowest BCUT2D eigenvalue weighted by Gasteiger charge is -2.35. The molecule has 0 bridgehead atoms. The SMILES string of the molecule is CC(C)=CCC1C(=O)C(C)(C)C(O)CC(=O)OC(C(Cl)=Cc2csc(C)n2)CC2OC2(C)CCCC(C)C1O. The average Bonchev–Trinajstić information content (AvgIpc) is 3.29. The van der Waals surface area contributed by atoms with Gasteiger partial charge in [-0.1, -0.05) is 50.4 Å². The first-order valence-corrected chi connectivity index (χ1v) is 15.1. The molecule has 0 aromatic carbocycles. The van der Waals surface area contributed by atoms with E-state index in [0.29, 0.717) is 23.6 Å². The Kier molecular flexibility index (Phi) is 10.6. The number of hydrogen-bond donors (Lipinski definition) is 2. The molecule has 2 fully saturated rings. The highest BCUT2D eigenvalue weighted by Gasteiger charge is 2.53. The van der Waals surface area contributed by atoms with Gasteiger partial charge in [0.25, 0.3) is 0 Å². The number of hydrogen-bond acceptors (Lipinski definition) is 8. The zero-order valence-corrected chi connectivity index (χ0v) is 25.8. The highest BCUT2D eigenvalue weighted by molar-refractivity contribution is 7.09. The van der Waals surface area contributed by atoms with Gasteiger partial charge in [0.2, 0.25) is 0 Å². The van der Waals surface area contributed by atoms with E-state index in [1.165, 1.54) is 11.3 Å². The number of fused-ring (bicyclic) bond motifs is 1. The van der Waals surface area contributed by atoms with E-state index < -0.39 is 35.6 Å². The van der Waals surface area contributed by atoms with Crippen LogP contribution in [0.25, 0.3) is 6.08 Å². The van der Waals surface area contributed by atoms with Crippen molar-refractivity contribution in [3.8, 4) is 0 Å². The van der Waals surface area contributed by atoms with Gasteiger partial charge in [-0.3, -0.25) is 9.59 Å². The van der Waals surface area contributed by atoms with Gasteiger partial charge in [0.15, 0.2) is 0 Å². The molecule has 2 saturated heterocycles. The second-order valence-corrected chi connectivity index (χ2v) is 13.7. The minimum absolute atomic E-state index is 0.122. The number of aromatic nitrogens is 1. The molecule has 2 aliphatic heterocycles. The van der Waals surface area contributed by atoms with E-state index in [1.54, 1.807) is 19.9 Å². The standard InChI is InChI=1S/C30H44ClNO6S/c1-17(2)10-11-21-27(35)18(3)9-8-12-30(7)25(38-30)14-23(22(31)13-20-16-39-19(4)32-20)37-26(34)15-24(33)29(5,6)28(21)36/h10,13,16,18,21,23-25,27,33,35H,8-9,11-12,14-15H2,1-7H3. The predicted molar refractivity (Wildman–Crippen MR) is 154 cm³/mol. The normalized spacial score (nSPS) is 34.7. The number of carbonyl (C=O) groups is 2. The quantitative estimate of drug-likeness (QED) is 0.255. The van der Waals surface area contributed by atoms with Gasteiger partial charge >= 0.3 is 5.97 Å². The molecule has 0 radical (unpaired) electrons. The van der Waals surface area contributed by atoms with Crippen molar-refractivity contribution in [2.45, 2.75) is 117 Å². The summed E-state index contributed by atoms with van der Waals surface area (Å²) in [5.41, 5.74) is 0.0827. The molecule has 9 heteroatoms. The molecule has 2 aliphatic rings. The Morgan fingerprint density at radius 2 is 1.95 bits per heavy atom. The summed E-state index contributed by atoms with van der Waals surface area (Å²) in [5.74, 6) is -1.74. The molecule has 3 rings (SSSR count). The van der Waals surface area contributed by atoms with Crippen LogP contribution in [0.2, 0.25) is 0 Å². The van der Waals surface area contributed by atoms with Crippen LogP contribution in [0.1, 0.15) is 90.8 Å². The fraction of sp³-hybridized carbons (Fsp3) is 0.700. The lowest BCUT2D eigenvalue weighted by molar-refractivity contribution is -0.154. The highest BCUT2D eigenvalue weighted by Crippen LogP contribution is 2.45. The van der Waals surface area contributed by atoms with Crippen LogP contribution in [-0.2, 0) is 19.1 Å². The lowest BCUT2D eigenvalue weighted by Crippen LogP contribution is -2.46. The van der Waals surface area contributed by atoms with Gasteiger partial charge in [0, 0.05) is 17.7 Å². The maximum Gasteiger partial charge on any atom is 0.309 e. The first-order valence-electron chi connectivity index (χ1n) is 13.8. The van der Waals surface area contributed by atoms with Gasteiger partial charge in [0.1, 0.15) is 11.9 Å². The summed E-state index contributed by atoms with van der Waals surface area (Å²) in [6, 6.07) is 0. The van der Waals surface area contributed by atoms with E-state index >= 15 is 0 Å². The zero-order valence-electron chi connectivity index (χ0n) is 24.2. The number of Topliss-reactive ketones (excluding diaryl/α,β-unsaturated/α-hetero) is 1. The Morgan fingerprint density at radius 3 is 2.56 bits per heavy atom. The summed E-state index contributed by atoms with van der Waals surface area (Å²) in [4.78, 5) is 31.3. The lowest BCUT2D eigenvalue weighted by atomic mass is 9.71. The molecule has 7 unspecified atom stereocenters. The minimum atomic E-state index is -1.30. The van der Waals surface area contributed by atoms with Crippen molar-refractivity contribution < 1.29 is 29.3 Å². The van der Waals surface area contributed by atoms with Gasteiger partial charge in [-0.15, -0.1) is 11.3 Å². The second kappa shape index (κ2) is 12.9.